The normalized spacial score (nSPS) is 25.8. The summed E-state index contributed by atoms with van der Waals surface area (Å²) in [6, 6.07) is 7.73. The molecular weight excluding hydrogens is 252 g/mol. The Morgan fingerprint density at radius 2 is 2.10 bits per heavy atom. The van der Waals surface area contributed by atoms with Crippen LogP contribution in [0.1, 0.15) is 19.4 Å². The Labute approximate surface area is 120 Å². The smallest absolute Gasteiger partial charge is 0.260 e. The number of carbonyl (C=O) groups excluding carboxylic acids is 1. The average molecular weight is 276 g/mol. The number of ether oxygens (including phenoxy) is 1. The molecule has 1 amide bonds. The van der Waals surface area contributed by atoms with Gasteiger partial charge in [-0.3, -0.25) is 4.79 Å². The van der Waals surface area contributed by atoms with Crippen molar-refractivity contribution >= 4 is 5.91 Å². The predicted molar refractivity (Wildman–Crippen MR) is 79.6 cm³/mol. The summed E-state index contributed by atoms with van der Waals surface area (Å²) in [5.41, 5.74) is 7.03. The first-order valence-electron chi connectivity index (χ1n) is 7.12. The van der Waals surface area contributed by atoms with Gasteiger partial charge in [-0.15, -0.1) is 0 Å². The molecule has 1 aromatic carbocycles. The standard InChI is InChI=1S/C16H24N2O2/c1-12-4-6-14(7-5-12)20-9-15(19)18-8-13(2)16(3,10-17)11-18/h4-7,13H,8-11,17H2,1-3H3/t13-,16-/m1/s1. The minimum absolute atomic E-state index is 0.0273. The van der Waals surface area contributed by atoms with Gasteiger partial charge in [-0.05, 0) is 31.5 Å². The van der Waals surface area contributed by atoms with Gasteiger partial charge in [-0.25, -0.2) is 0 Å². The minimum Gasteiger partial charge on any atom is -0.484 e. The molecule has 2 N–H and O–H groups in total. The number of nitrogens with zero attached hydrogens (tertiary/aromatic N) is 1. The summed E-state index contributed by atoms with van der Waals surface area (Å²) in [5, 5.41) is 0. The highest BCUT2D eigenvalue weighted by Crippen LogP contribution is 2.34. The highest BCUT2D eigenvalue weighted by molar-refractivity contribution is 5.78. The molecule has 0 aromatic heterocycles. The number of nitrogens with two attached hydrogens (primary N) is 1. The lowest BCUT2D eigenvalue weighted by Gasteiger charge is -2.25. The fourth-order valence-corrected chi connectivity index (χ4v) is 2.53. The molecule has 20 heavy (non-hydrogen) atoms. The maximum Gasteiger partial charge on any atom is 0.260 e. The van der Waals surface area contributed by atoms with Crippen molar-refractivity contribution in [3.8, 4) is 5.75 Å². The minimum atomic E-state index is 0.0273. The third-order valence-electron chi connectivity index (χ3n) is 4.44. The molecule has 1 saturated heterocycles. The van der Waals surface area contributed by atoms with Gasteiger partial charge in [0.1, 0.15) is 5.75 Å². The Kier molecular flexibility index (Phi) is 4.33. The van der Waals surface area contributed by atoms with E-state index < -0.39 is 0 Å². The van der Waals surface area contributed by atoms with E-state index in [0.29, 0.717) is 12.5 Å². The number of amides is 1. The van der Waals surface area contributed by atoms with Crippen LogP contribution in [0.25, 0.3) is 0 Å². The number of likely N-dealkylation sites (tertiary alicyclic amines) is 1. The molecule has 1 aliphatic rings. The van der Waals surface area contributed by atoms with Crippen molar-refractivity contribution < 1.29 is 9.53 Å². The van der Waals surface area contributed by atoms with Crippen LogP contribution < -0.4 is 10.5 Å². The number of hydrogen-bond acceptors (Lipinski definition) is 3. The van der Waals surface area contributed by atoms with Gasteiger partial charge in [0.2, 0.25) is 0 Å². The van der Waals surface area contributed by atoms with Gasteiger partial charge < -0.3 is 15.4 Å². The van der Waals surface area contributed by atoms with Crippen LogP contribution in [0.15, 0.2) is 24.3 Å². The lowest BCUT2D eigenvalue weighted by atomic mass is 9.81. The quantitative estimate of drug-likeness (QED) is 0.912. The molecule has 1 aliphatic heterocycles. The number of hydrogen-bond donors (Lipinski definition) is 1. The van der Waals surface area contributed by atoms with E-state index in [2.05, 4.69) is 13.8 Å². The molecule has 0 bridgehead atoms. The van der Waals surface area contributed by atoms with E-state index in [0.717, 1.165) is 18.8 Å². The molecule has 0 spiro atoms. The fraction of sp³-hybridized carbons (Fsp3) is 0.562. The maximum absolute atomic E-state index is 12.2. The topological polar surface area (TPSA) is 55.6 Å². The molecule has 110 valence electrons. The van der Waals surface area contributed by atoms with Crippen LogP contribution in [0, 0.1) is 18.3 Å². The average Bonchev–Trinajstić information content (AvgIpc) is 2.75. The van der Waals surface area contributed by atoms with E-state index >= 15 is 0 Å². The van der Waals surface area contributed by atoms with Crippen LogP contribution in [0.2, 0.25) is 0 Å². The lowest BCUT2D eigenvalue weighted by Crippen LogP contribution is -2.37. The van der Waals surface area contributed by atoms with E-state index in [1.54, 1.807) is 0 Å². The highest BCUT2D eigenvalue weighted by atomic mass is 16.5. The molecule has 0 unspecified atom stereocenters. The van der Waals surface area contributed by atoms with Crippen LogP contribution in [-0.2, 0) is 4.79 Å². The first-order chi connectivity index (χ1) is 9.44. The Balaban J connectivity index is 1.88. The van der Waals surface area contributed by atoms with E-state index in [1.807, 2.05) is 36.1 Å². The van der Waals surface area contributed by atoms with Gasteiger partial charge in [0.05, 0.1) is 0 Å². The second-order valence-corrected chi connectivity index (χ2v) is 6.14. The molecule has 0 radical (unpaired) electrons. The molecule has 4 heteroatoms. The van der Waals surface area contributed by atoms with E-state index in [9.17, 15) is 4.79 Å². The molecule has 2 atom stereocenters. The molecule has 0 saturated carbocycles. The fourth-order valence-electron chi connectivity index (χ4n) is 2.53. The SMILES string of the molecule is Cc1ccc(OCC(=O)N2C[C@@H](C)[C@](C)(CN)C2)cc1. The van der Waals surface area contributed by atoms with Crippen LogP contribution in [0.3, 0.4) is 0 Å². The van der Waals surface area contributed by atoms with Crippen LogP contribution in [-0.4, -0.2) is 37.0 Å². The summed E-state index contributed by atoms with van der Waals surface area (Å²) in [4.78, 5) is 14.1. The number of carbonyl (C=O) groups is 1. The molecule has 4 nitrogen and oxygen atoms in total. The number of aryl methyl sites for hydroxylation is 1. The third kappa shape index (κ3) is 3.12. The predicted octanol–water partition coefficient (Wildman–Crippen LogP) is 1.82. The van der Waals surface area contributed by atoms with Crippen molar-refractivity contribution in [2.75, 3.05) is 26.2 Å². The van der Waals surface area contributed by atoms with Crippen molar-refractivity contribution in [1.82, 2.24) is 4.90 Å². The van der Waals surface area contributed by atoms with Crippen LogP contribution >= 0.6 is 0 Å². The van der Waals surface area contributed by atoms with Gasteiger partial charge in [0, 0.05) is 18.5 Å². The largest absolute Gasteiger partial charge is 0.484 e. The van der Waals surface area contributed by atoms with Crippen molar-refractivity contribution in [3.05, 3.63) is 29.8 Å². The monoisotopic (exact) mass is 276 g/mol. The lowest BCUT2D eigenvalue weighted by molar-refractivity contribution is -0.132. The summed E-state index contributed by atoms with van der Waals surface area (Å²) < 4.78 is 5.55. The third-order valence-corrected chi connectivity index (χ3v) is 4.44. The van der Waals surface area contributed by atoms with Crippen molar-refractivity contribution in [2.45, 2.75) is 20.8 Å². The Morgan fingerprint density at radius 1 is 1.45 bits per heavy atom. The molecule has 0 aliphatic carbocycles. The Morgan fingerprint density at radius 3 is 2.65 bits per heavy atom. The van der Waals surface area contributed by atoms with Crippen LogP contribution in [0.5, 0.6) is 5.75 Å². The second-order valence-electron chi connectivity index (χ2n) is 6.14. The molecule has 1 fully saturated rings. The van der Waals surface area contributed by atoms with Gasteiger partial charge in [-0.2, -0.15) is 0 Å². The van der Waals surface area contributed by atoms with Gasteiger partial charge >= 0.3 is 0 Å². The van der Waals surface area contributed by atoms with Crippen molar-refractivity contribution in [2.24, 2.45) is 17.1 Å². The van der Waals surface area contributed by atoms with Gasteiger partial charge in [-0.1, -0.05) is 31.5 Å². The summed E-state index contributed by atoms with van der Waals surface area (Å²) in [6.45, 7) is 8.51. The van der Waals surface area contributed by atoms with Crippen molar-refractivity contribution in [1.29, 1.82) is 0 Å². The van der Waals surface area contributed by atoms with E-state index in [-0.39, 0.29) is 17.9 Å². The Hall–Kier alpha value is -1.55. The summed E-state index contributed by atoms with van der Waals surface area (Å²) >= 11 is 0. The van der Waals surface area contributed by atoms with Gasteiger partial charge in [0.25, 0.3) is 5.91 Å². The zero-order valence-corrected chi connectivity index (χ0v) is 12.6. The summed E-state index contributed by atoms with van der Waals surface area (Å²) in [7, 11) is 0. The number of benzene rings is 1. The zero-order chi connectivity index (χ0) is 14.8. The van der Waals surface area contributed by atoms with Crippen molar-refractivity contribution in [3.63, 3.8) is 0 Å². The molecule has 1 heterocycles. The molecule has 1 aromatic rings. The molecule has 2 rings (SSSR count). The highest BCUT2D eigenvalue weighted by Gasteiger charge is 2.40. The Bertz CT molecular complexity index is 472. The first-order valence-corrected chi connectivity index (χ1v) is 7.12. The molecular formula is C16H24N2O2. The van der Waals surface area contributed by atoms with E-state index in [4.69, 9.17) is 10.5 Å². The zero-order valence-electron chi connectivity index (χ0n) is 12.6. The van der Waals surface area contributed by atoms with E-state index in [1.165, 1.54) is 5.56 Å². The van der Waals surface area contributed by atoms with Gasteiger partial charge in [0.15, 0.2) is 6.61 Å². The summed E-state index contributed by atoms with van der Waals surface area (Å²) in [5.74, 6) is 1.20. The number of rotatable bonds is 4. The second kappa shape index (κ2) is 5.83. The first kappa shape index (κ1) is 14.9. The van der Waals surface area contributed by atoms with Crippen LogP contribution in [0.4, 0.5) is 0 Å². The maximum atomic E-state index is 12.2. The summed E-state index contributed by atoms with van der Waals surface area (Å²) in [6.07, 6.45) is 0.